The van der Waals surface area contributed by atoms with Crippen molar-refractivity contribution in [3.63, 3.8) is 0 Å². The molecule has 0 spiro atoms. The van der Waals surface area contributed by atoms with Crippen LogP contribution < -0.4 is 10.6 Å². The van der Waals surface area contributed by atoms with Crippen LogP contribution in [0.4, 0.5) is 0 Å². The highest BCUT2D eigenvalue weighted by atomic mass is 32.2. The highest BCUT2D eigenvalue weighted by Gasteiger charge is 2.23. The number of hydrogen-bond acceptors (Lipinski definition) is 4. The second-order valence-corrected chi connectivity index (χ2v) is 9.41. The Balaban J connectivity index is 1.95. The molecule has 1 aromatic carbocycles. The third kappa shape index (κ3) is 7.95. The molecule has 2 rings (SSSR count). The van der Waals surface area contributed by atoms with E-state index >= 15 is 0 Å². The molecule has 164 valence electrons. The van der Waals surface area contributed by atoms with E-state index in [-0.39, 0.29) is 6.04 Å². The third-order valence-corrected chi connectivity index (χ3v) is 6.61. The van der Waals surface area contributed by atoms with Crippen LogP contribution in [0.25, 0.3) is 0 Å². The summed E-state index contributed by atoms with van der Waals surface area (Å²) in [4.78, 5) is 7.36. The van der Waals surface area contributed by atoms with E-state index in [1.165, 1.54) is 29.0 Å². The summed E-state index contributed by atoms with van der Waals surface area (Å²) >= 11 is 0. The van der Waals surface area contributed by atoms with E-state index in [0.717, 1.165) is 32.0 Å². The van der Waals surface area contributed by atoms with E-state index in [0.29, 0.717) is 26.2 Å². The van der Waals surface area contributed by atoms with Gasteiger partial charge in [-0.2, -0.15) is 0 Å². The molecule has 1 aliphatic rings. The second kappa shape index (κ2) is 12.1. The molecule has 1 aromatic rings. The van der Waals surface area contributed by atoms with Crippen LogP contribution in [0.5, 0.6) is 0 Å². The van der Waals surface area contributed by atoms with Gasteiger partial charge in [0.15, 0.2) is 5.96 Å². The number of rotatable bonds is 11. The Morgan fingerprint density at radius 2 is 1.86 bits per heavy atom. The quantitative estimate of drug-likeness (QED) is 0.324. The van der Waals surface area contributed by atoms with Gasteiger partial charge in [-0.15, -0.1) is 0 Å². The first-order chi connectivity index (χ1) is 14.0. The van der Waals surface area contributed by atoms with E-state index in [4.69, 9.17) is 4.99 Å². The van der Waals surface area contributed by atoms with E-state index in [1.807, 2.05) is 6.92 Å². The predicted octanol–water partition coefficient (Wildman–Crippen LogP) is 2.05. The lowest BCUT2D eigenvalue weighted by molar-refractivity contribution is 0.251. The molecule has 1 heterocycles. The summed E-state index contributed by atoms with van der Waals surface area (Å²) in [5.74, 6) is 0.787. The van der Waals surface area contributed by atoms with Gasteiger partial charge in [-0.3, -0.25) is 9.89 Å². The fraction of sp³-hybridized carbons (Fsp3) is 0.667. The van der Waals surface area contributed by atoms with Crippen LogP contribution in [-0.4, -0.2) is 75.7 Å². The van der Waals surface area contributed by atoms with Crippen molar-refractivity contribution < 1.29 is 8.42 Å². The Kier molecular flexibility index (Phi) is 9.90. The minimum Gasteiger partial charge on any atom is -0.357 e. The summed E-state index contributed by atoms with van der Waals surface area (Å²) in [6.07, 6.45) is 4.50. The van der Waals surface area contributed by atoms with Crippen LogP contribution in [0.3, 0.4) is 0 Å². The topological polar surface area (TPSA) is 77.0 Å². The van der Waals surface area contributed by atoms with Crippen molar-refractivity contribution in [3.8, 4) is 0 Å². The van der Waals surface area contributed by atoms with Crippen LogP contribution in [0, 0.1) is 0 Å². The number of nitrogens with one attached hydrogen (secondary N) is 2. The molecule has 0 radical (unpaired) electrons. The van der Waals surface area contributed by atoms with Gasteiger partial charge in [0, 0.05) is 26.2 Å². The number of likely N-dealkylation sites (tertiary alicyclic amines) is 1. The van der Waals surface area contributed by atoms with Crippen molar-refractivity contribution in [1.82, 2.24) is 19.8 Å². The lowest BCUT2D eigenvalue weighted by Gasteiger charge is -2.27. The van der Waals surface area contributed by atoms with Crippen molar-refractivity contribution >= 4 is 16.0 Å². The Labute approximate surface area is 176 Å². The number of aliphatic imine (C=N–C) groups is 1. The molecule has 29 heavy (non-hydrogen) atoms. The van der Waals surface area contributed by atoms with Crippen molar-refractivity contribution in [2.75, 3.05) is 52.1 Å². The fourth-order valence-corrected chi connectivity index (χ4v) is 4.63. The summed E-state index contributed by atoms with van der Waals surface area (Å²) in [5, 5.41) is 6.65. The van der Waals surface area contributed by atoms with Crippen molar-refractivity contribution in [2.45, 2.75) is 39.2 Å². The first kappa shape index (κ1) is 23.6. The highest BCUT2D eigenvalue weighted by molar-refractivity contribution is 7.88. The molecule has 1 saturated heterocycles. The highest BCUT2D eigenvalue weighted by Crippen LogP contribution is 2.25. The molecule has 0 aromatic heterocycles. The minimum absolute atomic E-state index is 0.287. The summed E-state index contributed by atoms with van der Waals surface area (Å²) in [6.45, 7) is 9.34. The number of benzene rings is 1. The molecule has 1 aliphatic heterocycles. The number of nitrogens with zero attached hydrogens (tertiary/aromatic N) is 3. The first-order valence-corrected chi connectivity index (χ1v) is 12.6. The van der Waals surface area contributed by atoms with Crippen molar-refractivity contribution in [1.29, 1.82) is 0 Å². The molecule has 1 unspecified atom stereocenters. The van der Waals surface area contributed by atoms with Gasteiger partial charge in [0.2, 0.25) is 10.0 Å². The van der Waals surface area contributed by atoms with Gasteiger partial charge in [0.1, 0.15) is 0 Å². The third-order valence-electron chi connectivity index (χ3n) is 5.23. The van der Waals surface area contributed by atoms with E-state index in [9.17, 15) is 8.42 Å². The van der Waals surface area contributed by atoms with Crippen LogP contribution in [0.2, 0.25) is 0 Å². The number of sulfonamides is 1. The maximum Gasteiger partial charge on any atom is 0.211 e. The zero-order valence-electron chi connectivity index (χ0n) is 18.1. The van der Waals surface area contributed by atoms with Gasteiger partial charge in [-0.05, 0) is 44.8 Å². The summed E-state index contributed by atoms with van der Waals surface area (Å²) in [5.41, 5.74) is 1.31. The molecular weight excluding hydrogens is 386 g/mol. The van der Waals surface area contributed by atoms with Crippen LogP contribution >= 0.6 is 0 Å². The van der Waals surface area contributed by atoms with Gasteiger partial charge >= 0.3 is 0 Å². The fourth-order valence-electron chi connectivity index (χ4n) is 3.70. The molecule has 0 bridgehead atoms. The Morgan fingerprint density at radius 3 is 2.45 bits per heavy atom. The Hall–Kier alpha value is -1.64. The molecule has 7 nitrogen and oxygen atoms in total. The zero-order valence-corrected chi connectivity index (χ0v) is 18.9. The van der Waals surface area contributed by atoms with Gasteiger partial charge < -0.3 is 10.6 Å². The molecule has 0 aliphatic carbocycles. The lowest BCUT2D eigenvalue weighted by Crippen LogP contribution is -2.40. The second-order valence-electron chi connectivity index (χ2n) is 7.42. The maximum atomic E-state index is 11.7. The Morgan fingerprint density at radius 1 is 1.17 bits per heavy atom. The average molecular weight is 424 g/mol. The van der Waals surface area contributed by atoms with Crippen molar-refractivity contribution in [3.05, 3.63) is 35.9 Å². The molecule has 1 atom stereocenters. The van der Waals surface area contributed by atoms with E-state index in [2.05, 4.69) is 52.8 Å². The normalized spacial score (nSPS) is 16.9. The van der Waals surface area contributed by atoms with E-state index in [1.54, 1.807) is 0 Å². The smallest absolute Gasteiger partial charge is 0.211 e. The monoisotopic (exact) mass is 423 g/mol. The summed E-state index contributed by atoms with van der Waals surface area (Å²) in [6, 6.07) is 10.9. The zero-order chi connectivity index (χ0) is 21.1. The summed E-state index contributed by atoms with van der Waals surface area (Å²) in [7, 11) is -3.13. The van der Waals surface area contributed by atoms with Gasteiger partial charge in [0.25, 0.3) is 0 Å². The average Bonchev–Trinajstić information content (AvgIpc) is 3.22. The number of hydrogen-bond donors (Lipinski definition) is 2. The summed E-state index contributed by atoms with van der Waals surface area (Å²) < 4.78 is 24.9. The maximum absolute atomic E-state index is 11.7. The van der Waals surface area contributed by atoms with Crippen LogP contribution in [0.1, 0.15) is 44.7 Å². The SMILES string of the molecule is CCNC(=NCC(c1ccccc1)N1CCCC1)NCCCN(CC)S(C)(=O)=O. The van der Waals surface area contributed by atoms with Gasteiger partial charge in [-0.25, -0.2) is 12.7 Å². The standard InChI is InChI=1S/C21H37N5O2S/c1-4-22-21(23-14-11-17-26(5-2)29(3,27)28)24-18-20(25-15-9-10-16-25)19-12-7-6-8-13-19/h6-8,12-13,20H,4-5,9-11,14-18H2,1-3H3,(H2,22,23,24). The van der Waals surface area contributed by atoms with Crippen LogP contribution in [0.15, 0.2) is 35.3 Å². The molecule has 2 N–H and O–H groups in total. The van der Waals surface area contributed by atoms with E-state index < -0.39 is 10.0 Å². The van der Waals surface area contributed by atoms with Gasteiger partial charge in [-0.1, -0.05) is 37.3 Å². The minimum atomic E-state index is -3.13. The first-order valence-electron chi connectivity index (χ1n) is 10.7. The molecule has 8 heteroatoms. The van der Waals surface area contributed by atoms with Gasteiger partial charge in [0.05, 0.1) is 18.8 Å². The molecular formula is C21H37N5O2S. The lowest BCUT2D eigenvalue weighted by atomic mass is 10.1. The molecule has 0 amide bonds. The predicted molar refractivity (Wildman–Crippen MR) is 121 cm³/mol. The van der Waals surface area contributed by atoms with Crippen molar-refractivity contribution in [2.24, 2.45) is 4.99 Å². The molecule has 1 fully saturated rings. The Bertz CT molecular complexity index is 718. The largest absolute Gasteiger partial charge is 0.357 e. The number of guanidine groups is 1. The molecule has 0 saturated carbocycles. The van der Waals surface area contributed by atoms with Crippen LogP contribution in [-0.2, 0) is 10.0 Å².